The van der Waals surface area contributed by atoms with Gasteiger partial charge in [0.1, 0.15) is 5.82 Å². The summed E-state index contributed by atoms with van der Waals surface area (Å²) in [6.45, 7) is 2.63. The monoisotopic (exact) mass is 313 g/mol. The third-order valence-corrected chi connectivity index (χ3v) is 4.59. The second kappa shape index (κ2) is 8.11. The quantitative estimate of drug-likeness (QED) is 0.848. The molecule has 1 fully saturated rings. The highest BCUT2D eigenvalue weighted by atomic mass is 35.5. The van der Waals surface area contributed by atoms with E-state index in [0.717, 1.165) is 12.8 Å². The summed E-state index contributed by atoms with van der Waals surface area (Å²) in [7, 11) is 0. The van der Waals surface area contributed by atoms with Crippen molar-refractivity contribution in [2.24, 2.45) is 11.7 Å². The third kappa shape index (κ3) is 4.67. The molecule has 1 saturated carbocycles. The van der Waals surface area contributed by atoms with Crippen molar-refractivity contribution in [2.45, 2.75) is 57.6 Å². The van der Waals surface area contributed by atoms with E-state index >= 15 is 0 Å². The van der Waals surface area contributed by atoms with E-state index in [1.54, 1.807) is 12.1 Å². The maximum absolute atomic E-state index is 13.9. The molecule has 1 aliphatic carbocycles. The van der Waals surface area contributed by atoms with Gasteiger partial charge >= 0.3 is 0 Å². The molecule has 118 valence electrons. The summed E-state index contributed by atoms with van der Waals surface area (Å²) in [5.74, 6) is 0.254. The molecule has 0 bridgehead atoms. The topological polar surface area (TPSA) is 35.2 Å². The lowest BCUT2D eigenvalue weighted by Crippen LogP contribution is -2.44. The molecule has 2 N–H and O–H groups in total. The van der Waals surface area contributed by atoms with Crippen molar-refractivity contribution in [3.63, 3.8) is 0 Å². The lowest BCUT2D eigenvalue weighted by atomic mass is 9.81. The van der Waals surface area contributed by atoms with Gasteiger partial charge in [-0.25, -0.2) is 4.39 Å². The van der Waals surface area contributed by atoms with Gasteiger partial charge in [-0.05, 0) is 55.9 Å². The average molecular weight is 314 g/mol. The predicted octanol–water partition coefficient (Wildman–Crippen LogP) is 4.33. The fourth-order valence-corrected chi connectivity index (χ4v) is 3.53. The summed E-state index contributed by atoms with van der Waals surface area (Å²) in [6, 6.07) is 4.44. The molecular formula is C17H25ClFNO. The van der Waals surface area contributed by atoms with Crippen LogP contribution in [-0.2, 0) is 11.2 Å². The van der Waals surface area contributed by atoms with Crippen LogP contribution in [0.4, 0.5) is 4.39 Å². The van der Waals surface area contributed by atoms with Crippen molar-refractivity contribution >= 4 is 11.6 Å². The summed E-state index contributed by atoms with van der Waals surface area (Å²) in [6.07, 6.45) is 6.58. The zero-order chi connectivity index (χ0) is 15.2. The molecule has 2 unspecified atom stereocenters. The maximum Gasteiger partial charge on any atom is 0.126 e. The largest absolute Gasteiger partial charge is 0.377 e. The standard InChI is InChI=1S/C17H25ClFNO/c1-2-21-17(12-6-4-3-5-7-12)16(20)11-13-10-14(18)8-9-15(13)19/h8-10,12,16-17H,2-7,11,20H2,1H3. The first-order valence-corrected chi connectivity index (χ1v) is 8.30. The molecule has 1 aliphatic rings. The molecule has 2 atom stereocenters. The third-order valence-electron chi connectivity index (χ3n) is 4.36. The average Bonchev–Trinajstić information content (AvgIpc) is 2.49. The molecule has 0 radical (unpaired) electrons. The van der Waals surface area contributed by atoms with E-state index in [0.29, 0.717) is 29.5 Å². The Hall–Kier alpha value is -0.640. The van der Waals surface area contributed by atoms with E-state index in [9.17, 15) is 4.39 Å². The van der Waals surface area contributed by atoms with Crippen LogP contribution in [0.15, 0.2) is 18.2 Å². The molecule has 1 aromatic carbocycles. The van der Waals surface area contributed by atoms with E-state index in [-0.39, 0.29) is 18.0 Å². The fraction of sp³-hybridized carbons (Fsp3) is 0.647. The van der Waals surface area contributed by atoms with Crippen LogP contribution in [-0.4, -0.2) is 18.8 Å². The van der Waals surface area contributed by atoms with Gasteiger partial charge in [-0.2, -0.15) is 0 Å². The molecule has 0 spiro atoms. The van der Waals surface area contributed by atoms with Gasteiger partial charge in [-0.1, -0.05) is 30.9 Å². The van der Waals surface area contributed by atoms with Crippen LogP contribution in [0.2, 0.25) is 5.02 Å². The molecule has 2 rings (SSSR count). The van der Waals surface area contributed by atoms with Crippen LogP contribution in [0.25, 0.3) is 0 Å². The number of hydrogen-bond donors (Lipinski definition) is 1. The van der Waals surface area contributed by atoms with Gasteiger partial charge in [0.15, 0.2) is 0 Å². The Labute approximate surface area is 131 Å². The lowest BCUT2D eigenvalue weighted by Gasteiger charge is -2.34. The smallest absolute Gasteiger partial charge is 0.126 e. The van der Waals surface area contributed by atoms with Crippen LogP contribution in [0.1, 0.15) is 44.6 Å². The Bertz CT molecular complexity index is 448. The molecule has 1 aromatic rings. The zero-order valence-corrected chi connectivity index (χ0v) is 13.4. The van der Waals surface area contributed by atoms with Gasteiger partial charge in [0.05, 0.1) is 6.10 Å². The summed E-state index contributed by atoms with van der Waals surface area (Å²) in [4.78, 5) is 0. The van der Waals surface area contributed by atoms with Crippen molar-refractivity contribution in [2.75, 3.05) is 6.61 Å². The van der Waals surface area contributed by atoms with Crippen LogP contribution in [0.5, 0.6) is 0 Å². The van der Waals surface area contributed by atoms with E-state index in [1.165, 1.54) is 25.3 Å². The highest BCUT2D eigenvalue weighted by Gasteiger charge is 2.29. The second-order valence-electron chi connectivity index (χ2n) is 5.92. The van der Waals surface area contributed by atoms with Gasteiger partial charge in [-0.3, -0.25) is 0 Å². The minimum absolute atomic E-state index is 0.00804. The van der Waals surface area contributed by atoms with Crippen molar-refractivity contribution in [1.82, 2.24) is 0 Å². The lowest BCUT2D eigenvalue weighted by molar-refractivity contribution is -0.00925. The van der Waals surface area contributed by atoms with Crippen LogP contribution < -0.4 is 5.73 Å². The predicted molar refractivity (Wildman–Crippen MR) is 85.1 cm³/mol. The van der Waals surface area contributed by atoms with E-state index < -0.39 is 0 Å². The highest BCUT2D eigenvalue weighted by molar-refractivity contribution is 6.30. The number of rotatable bonds is 6. The van der Waals surface area contributed by atoms with Crippen LogP contribution in [0.3, 0.4) is 0 Å². The Balaban J connectivity index is 2.06. The Morgan fingerprint density at radius 1 is 1.33 bits per heavy atom. The van der Waals surface area contributed by atoms with E-state index in [2.05, 4.69) is 0 Å². The fourth-order valence-electron chi connectivity index (χ4n) is 3.33. The van der Waals surface area contributed by atoms with Gasteiger partial charge in [-0.15, -0.1) is 0 Å². The van der Waals surface area contributed by atoms with Gasteiger partial charge in [0, 0.05) is 17.7 Å². The number of ether oxygens (including phenoxy) is 1. The summed E-state index contributed by atoms with van der Waals surface area (Å²) in [5.41, 5.74) is 6.93. The number of hydrogen-bond acceptors (Lipinski definition) is 2. The van der Waals surface area contributed by atoms with E-state index in [1.807, 2.05) is 6.92 Å². The van der Waals surface area contributed by atoms with Gasteiger partial charge in [0.2, 0.25) is 0 Å². The Kier molecular flexibility index (Phi) is 6.46. The first-order chi connectivity index (χ1) is 10.1. The maximum atomic E-state index is 13.9. The minimum atomic E-state index is -0.242. The zero-order valence-electron chi connectivity index (χ0n) is 12.7. The van der Waals surface area contributed by atoms with Crippen molar-refractivity contribution < 1.29 is 9.13 Å². The first-order valence-electron chi connectivity index (χ1n) is 7.93. The molecule has 0 amide bonds. The number of halogens is 2. The molecule has 0 heterocycles. The molecule has 4 heteroatoms. The molecule has 0 aromatic heterocycles. The van der Waals surface area contributed by atoms with E-state index in [4.69, 9.17) is 22.1 Å². The molecule has 0 aliphatic heterocycles. The number of nitrogens with two attached hydrogens (primary N) is 1. The molecule has 0 saturated heterocycles. The summed E-state index contributed by atoms with van der Waals surface area (Å²) in [5, 5.41) is 0.546. The van der Waals surface area contributed by atoms with Crippen molar-refractivity contribution in [3.05, 3.63) is 34.6 Å². The second-order valence-corrected chi connectivity index (χ2v) is 6.36. The number of benzene rings is 1. The summed E-state index contributed by atoms with van der Waals surface area (Å²) >= 11 is 5.95. The van der Waals surface area contributed by atoms with Crippen molar-refractivity contribution in [3.8, 4) is 0 Å². The van der Waals surface area contributed by atoms with Gasteiger partial charge < -0.3 is 10.5 Å². The Morgan fingerprint density at radius 2 is 2.05 bits per heavy atom. The molecule has 21 heavy (non-hydrogen) atoms. The highest BCUT2D eigenvalue weighted by Crippen LogP contribution is 2.30. The molecule has 2 nitrogen and oxygen atoms in total. The van der Waals surface area contributed by atoms with Crippen LogP contribution in [0, 0.1) is 11.7 Å². The van der Waals surface area contributed by atoms with Gasteiger partial charge in [0.25, 0.3) is 0 Å². The Morgan fingerprint density at radius 3 is 2.71 bits per heavy atom. The SMILES string of the molecule is CCOC(C(N)Cc1cc(Cl)ccc1F)C1CCCCC1. The van der Waals surface area contributed by atoms with Crippen molar-refractivity contribution in [1.29, 1.82) is 0 Å². The molecular weight excluding hydrogens is 289 g/mol. The summed E-state index contributed by atoms with van der Waals surface area (Å²) < 4.78 is 19.8. The first kappa shape index (κ1) is 16.7. The minimum Gasteiger partial charge on any atom is -0.377 e. The van der Waals surface area contributed by atoms with Crippen LogP contribution >= 0.6 is 11.6 Å². The normalized spacial score (nSPS) is 19.4.